The fourth-order valence-corrected chi connectivity index (χ4v) is 2.47. The van der Waals surface area contributed by atoms with Crippen molar-refractivity contribution in [2.45, 2.75) is 0 Å². The minimum atomic E-state index is -0.526. The number of non-ortho nitro benzene ring substituents is 1. The number of methoxy groups -OCH3 is 1. The lowest BCUT2D eigenvalue weighted by Crippen LogP contribution is -2.20. The van der Waals surface area contributed by atoms with Crippen LogP contribution in [-0.2, 0) is 4.79 Å². The number of nitrogens with zero attached hydrogens (tertiary/aromatic N) is 1. The third-order valence-corrected chi connectivity index (χ3v) is 3.83. The van der Waals surface area contributed by atoms with Gasteiger partial charge in [0.2, 0.25) is 0 Å². The molecule has 0 aliphatic rings. The van der Waals surface area contributed by atoms with Gasteiger partial charge in [0.15, 0.2) is 18.1 Å². The zero-order valence-corrected chi connectivity index (χ0v) is 15.5. The Morgan fingerprint density at radius 1 is 0.966 bits per heavy atom. The van der Waals surface area contributed by atoms with Crippen LogP contribution in [0.3, 0.4) is 0 Å². The first kappa shape index (κ1) is 19.7. The van der Waals surface area contributed by atoms with E-state index in [1.807, 2.05) is 12.1 Å². The quantitative estimate of drug-likeness (QED) is 0.449. The second-order valence-corrected chi connectivity index (χ2v) is 5.87. The van der Waals surface area contributed by atoms with Gasteiger partial charge in [0.25, 0.3) is 11.6 Å². The van der Waals surface area contributed by atoms with Crippen LogP contribution in [0.15, 0.2) is 72.8 Å². The summed E-state index contributed by atoms with van der Waals surface area (Å²) in [6.45, 7) is -0.277. The summed E-state index contributed by atoms with van der Waals surface area (Å²) in [4.78, 5) is 22.3. The SMILES string of the molecule is COc1ccccc1Oc1ccc(NC(=O)COc2cccc([N+](=O)[O-])c2)cc1. The molecule has 3 aromatic rings. The average molecular weight is 394 g/mol. The van der Waals surface area contributed by atoms with Gasteiger partial charge in [0.1, 0.15) is 11.5 Å². The van der Waals surface area contributed by atoms with Crippen LogP contribution in [0.4, 0.5) is 11.4 Å². The summed E-state index contributed by atoms with van der Waals surface area (Å²) in [5, 5.41) is 13.4. The molecule has 0 spiro atoms. The second kappa shape index (κ2) is 9.23. The Hall–Kier alpha value is -4.07. The minimum absolute atomic E-state index is 0.103. The Balaban J connectivity index is 1.54. The van der Waals surface area contributed by atoms with Crippen LogP contribution in [0, 0.1) is 10.1 Å². The van der Waals surface area contributed by atoms with E-state index in [9.17, 15) is 14.9 Å². The number of nitro benzene ring substituents is 1. The van der Waals surface area contributed by atoms with Gasteiger partial charge in [0, 0.05) is 11.8 Å². The van der Waals surface area contributed by atoms with Gasteiger partial charge in [-0.15, -0.1) is 0 Å². The van der Waals surface area contributed by atoms with Gasteiger partial charge in [0.05, 0.1) is 18.1 Å². The molecule has 0 radical (unpaired) electrons. The maximum Gasteiger partial charge on any atom is 0.273 e. The standard InChI is InChI=1S/C21H18N2O6/c1-27-19-7-2-3-8-20(19)29-17-11-9-15(10-12-17)22-21(24)14-28-18-6-4-5-16(13-18)23(25)26/h2-13H,14H2,1H3,(H,22,24). The van der Waals surface area contributed by atoms with Crippen LogP contribution in [-0.4, -0.2) is 24.5 Å². The lowest BCUT2D eigenvalue weighted by Gasteiger charge is -2.11. The van der Waals surface area contributed by atoms with E-state index in [2.05, 4.69) is 5.32 Å². The normalized spacial score (nSPS) is 10.1. The lowest BCUT2D eigenvalue weighted by molar-refractivity contribution is -0.384. The molecule has 0 saturated carbocycles. The maximum atomic E-state index is 12.0. The molecule has 0 atom stereocenters. The zero-order valence-electron chi connectivity index (χ0n) is 15.5. The number of anilines is 1. The van der Waals surface area contributed by atoms with Gasteiger partial charge in [-0.1, -0.05) is 18.2 Å². The summed E-state index contributed by atoms with van der Waals surface area (Å²) < 4.78 is 16.3. The molecule has 0 aromatic heterocycles. The van der Waals surface area contributed by atoms with Crippen molar-refractivity contribution in [3.05, 3.63) is 82.9 Å². The van der Waals surface area contributed by atoms with Crippen molar-refractivity contribution < 1.29 is 23.9 Å². The van der Waals surface area contributed by atoms with Gasteiger partial charge < -0.3 is 19.5 Å². The number of hydrogen-bond acceptors (Lipinski definition) is 6. The van der Waals surface area contributed by atoms with Gasteiger partial charge in [-0.25, -0.2) is 0 Å². The number of amides is 1. The van der Waals surface area contributed by atoms with E-state index in [4.69, 9.17) is 14.2 Å². The van der Waals surface area contributed by atoms with Gasteiger partial charge >= 0.3 is 0 Å². The van der Waals surface area contributed by atoms with Crippen LogP contribution in [0.2, 0.25) is 0 Å². The van der Waals surface area contributed by atoms with Crippen molar-refractivity contribution in [2.75, 3.05) is 19.0 Å². The first-order valence-electron chi connectivity index (χ1n) is 8.63. The van der Waals surface area contributed by atoms with E-state index < -0.39 is 10.8 Å². The van der Waals surface area contributed by atoms with E-state index in [0.29, 0.717) is 22.9 Å². The van der Waals surface area contributed by atoms with Crippen LogP contribution in [0.1, 0.15) is 0 Å². The summed E-state index contributed by atoms with van der Waals surface area (Å²) in [5.74, 6) is 1.63. The van der Waals surface area contributed by atoms with E-state index in [-0.39, 0.29) is 18.0 Å². The Morgan fingerprint density at radius 3 is 2.38 bits per heavy atom. The molecule has 0 unspecified atom stereocenters. The number of carbonyl (C=O) groups is 1. The molecular formula is C21H18N2O6. The first-order chi connectivity index (χ1) is 14.0. The summed E-state index contributed by atoms with van der Waals surface area (Å²) in [6.07, 6.45) is 0. The maximum absolute atomic E-state index is 12.0. The number of benzene rings is 3. The summed E-state index contributed by atoms with van der Waals surface area (Å²) >= 11 is 0. The Morgan fingerprint density at radius 2 is 1.69 bits per heavy atom. The monoisotopic (exact) mass is 394 g/mol. The topological polar surface area (TPSA) is 99.9 Å². The van der Waals surface area contributed by atoms with Gasteiger partial charge in [-0.2, -0.15) is 0 Å². The number of rotatable bonds is 8. The summed E-state index contributed by atoms with van der Waals surface area (Å²) in [5.41, 5.74) is 0.457. The molecule has 0 aliphatic carbocycles. The largest absolute Gasteiger partial charge is 0.493 e. The first-order valence-corrected chi connectivity index (χ1v) is 8.63. The van der Waals surface area contributed by atoms with Crippen molar-refractivity contribution in [1.82, 2.24) is 0 Å². The highest BCUT2D eigenvalue weighted by molar-refractivity contribution is 5.91. The van der Waals surface area contributed by atoms with Gasteiger partial charge in [-0.05, 0) is 42.5 Å². The Bertz CT molecular complexity index is 1000. The predicted molar refractivity (Wildman–Crippen MR) is 107 cm³/mol. The van der Waals surface area contributed by atoms with Crippen LogP contribution < -0.4 is 19.5 Å². The highest BCUT2D eigenvalue weighted by Crippen LogP contribution is 2.31. The van der Waals surface area contributed by atoms with Crippen LogP contribution in [0.5, 0.6) is 23.0 Å². The molecular weight excluding hydrogens is 376 g/mol. The predicted octanol–water partition coefficient (Wildman–Crippen LogP) is 4.41. The molecule has 0 fully saturated rings. The lowest BCUT2D eigenvalue weighted by atomic mass is 10.3. The van der Waals surface area contributed by atoms with E-state index in [1.165, 1.54) is 18.2 Å². The summed E-state index contributed by atoms with van der Waals surface area (Å²) in [6, 6.07) is 19.7. The fourth-order valence-electron chi connectivity index (χ4n) is 2.47. The number of hydrogen-bond donors (Lipinski definition) is 1. The molecule has 3 rings (SSSR count). The molecule has 29 heavy (non-hydrogen) atoms. The molecule has 3 aromatic carbocycles. The Labute approximate surface area is 166 Å². The third kappa shape index (κ3) is 5.46. The minimum Gasteiger partial charge on any atom is -0.493 e. The van der Waals surface area contributed by atoms with Crippen molar-refractivity contribution in [3.8, 4) is 23.0 Å². The van der Waals surface area contributed by atoms with Gasteiger partial charge in [-0.3, -0.25) is 14.9 Å². The summed E-state index contributed by atoms with van der Waals surface area (Å²) in [7, 11) is 1.57. The number of ether oxygens (including phenoxy) is 3. The van der Waals surface area contributed by atoms with Crippen LogP contribution >= 0.6 is 0 Å². The average Bonchev–Trinajstić information content (AvgIpc) is 2.74. The van der Waals surface area contributed by atoms with E-state index >= 15 is 0 Å². The molecule has 0 heterocycles. The molecule has 1 N–H and O–H groups in total. The van der Waals surface area contributed by atoms with E-state index in [1.54, 1.807) is 49.6 Å². The third-order valence-electron chi connectivity index (χ3n) is 3.83. The van der Waals surface area contributed by atoms with Crippen molar-refractivity contribution in [2.24, 2.45) is 0 Å². The molecule has 0 bridgehead atoms. The van der Waals surface area contributed by atoms with Crippen molar-refractivity contribution in [3.63, 3.8) is 0 Å². The van der Waals surface area contributed by atoms with Crippen molar-refractivity contribution in [1.29, 1.82) is 0 Å². The number of para-hydroxylation sites is 2. The molecule has 0 saturated heterocycles. The molecule has 148 valence electrons. The zero-order chi connectivity index (χ0) is 20.6. The highest BCUT2D eigenvalue weighted by Gasteiger charge is 2.09. The number of nitrogens with one attached hydrogen (secondary N) is 1. The molecule has 8 heteroatoms. The number of carbonyl (C=O) groups excluding carboxylic acids is 1. The van der Waals surface area contributed by atoms with Crippen LogP contribution in [0.25, 0.3) is 0 Å². The molecule has 1 amide bonds. The van der Waals surface area contributed by atoms with E-state index in [0.717, 1.165) is 0 Å². The second-order valence-electron chi connectivity index (χ2n) is 5.87. The van der Waals surface area contributed by atoms with Crippen molar-refractivity contribution >= 4 is 17.3 Å². The fraction of sp³-hybridized carbons (Fsp3) is 0.0952. The number of nitro groups is 1. The Kier molecular flexibility index (Phi) is 6.26. The smallest absolute Gasteiger partial charge is 0.273 e. The highest BCUT2D eigenvalue weighted by atomic mass is 16.6. The molecule has 8 nitrogen and oxygen atoms in total. The molecule has 0 aliphatic heterocycles.